The third-order valence-electron chi connectivity index (χ3n) is 4.58. The molecule has 144 valence electrons. The van der Waals surface area contributed by atoms with E-state index in [-0.39, 0.29) is 10.6 Å². The highest BCUT2D eigenvalue weighted by molar-refractivity contribution is 7.89. The first-order valence-corrected chi connectivity index (χ1v) is 10.9. The molecule has 26 heavy (non-hydrogen) atoms. The second-order valence-corrected chi connectivity index (χ2v) is 8.66. The van der Waals surface area contributed by atoms with Crippen LogP contribution < -0.4 is 0 Å². The second kappa shape index (κ2) is 9.33. The van der Waals surface area contributed by atoms with Crippen LogP contribution >= 0.6 is 0 Å². The quantitative estimate of drug-likeness (QED) is 0.612. The average Bonchev–Trinajstić information content (AvgIpc) is 2.61. The maximum absolute atomic E-state index is 13.3. The Labute approximate surface area is 157 Å². The predicted molar refractivity (Wildman–Crippen MR) is 106 cm³/mol. The van der Waals surface area contributed by atoms with Crippen molar-refractivity contribution in [1.82, 2.24) is 9.29 Å². The van der Waals surface area contributed by atoms with Crippen molar-refractivity contribution in [3.8, 4) is 5.75 Å². The fourth-order valence-corrected chi connectivity index (χ4v) is 4.77. The number of hydrogen-bond acceptors (Lipinski definition) is 4. The Hall–Kier alpha value is -1.66. The van der Waals surface area contributed by atoms with Crippen molar-refractivity contribution in [2.75, 3.05) is 13.1 Å². The zero-order valence-electron chi connectivity index (χ0n) is 16.0. The summed E-state index contributed by atoms with van der Waals surface area (Å²) in [5, 5.41) is 10.6. The molecule has 0 saturated heterocycles. The maximum atomic E-state index is 13.3. The van der Waals surface area contributed by atoms with Gasteiger partial charge in [0.05, 0.1) is 4.90 Å². The highest BCUT2D eigenvalue weighted by atomic mass is 32.2. The molecule has 0 amide bonds. The van der Waals surface area contributed by atoms with Gasteiger partial charge in [-0.2, -0.15) is 4.31 Å². The van der Waals surface area contributed by atoms with Crippen LogP contribution in [0, 0.1) is 6.92 Å². The molecular weight excluding hydrogens is 348 g/mol. The predicted octanol–water partition coefficient (Wildman–Crippen LogP) is 4.62. The van der Waals surface area contributed by atoms with Crippen LogP contribution in [-0.2, 0) is 10.0 Å². The van der Waals surface area contributed by atoms with Crippen molar-refractivity contribution in [3.63, 3.8) is 0 Å². The van der Waals surface area contributed by atoms with Gasteiger partial charge in [0.2, 0.25) is 10.0 Å². The van der Waals surface area contributed by atoms with Crippen molar-refractivity contribution in [2.45, 2.75) is 64.2 Å². The van der Waals surface area contributed by atoms with E-state index in [1.54, 1.807) is 16.4 Å². The van der Waals surface area contributed by atoms with Crippen LogP contribution in [0.1, 0.15) is 58.1 Å². The van der Waals surface area contributed by atoms with Gasteiger partial charge in [0.1, 0.15) is 11.3 Å². The third-order valence-corrected chi connectivity index (χ3v) is 6.53. The number of aromatic nitrogens is 1. The van der Waals surface area contributed by atoms with E-state index in [1.165, 1.54) is 12.1 Å². The number of fused-ring (bicyclic) bond motifs is 1. The molecule has 1 aromatic carbocycles. The van der Waals surface area contributed by atoms with Crippen LogP contribution in [0.5, 0.6) is 5.75 Å². The zero-order valence-corrected chi connectivity index (χ0v) is 16.8. The van der Waals surface area contributed by atoms with Crippen LogP contribution in [0.4, 0.5) is 0 Å². The van der Waals surface area contributed by atoms with E-state index >= 15 is 0 Å². The van der Waals surface area contributed by atoms with Crippen LogP contribution in [0.2, 0.25) is 0 Å². The van der Waals surface area contributed by atoms with Crippen molar-refractivity contribution in [1.29, 1.82) is 0 Å². The van der Waals surface area contributed by atoms with Gasteiger partial charge in [0, 0.05) is 24.2 Å². The van der Waals surface area contributed by atoms with Crippen LogP contribution in [-0.4, -0.2) is 35.9 Å². The summed E-state index contributed by atoms with van der Waals surface area (Å²) in [7, 11) is -3.64. The largest absolute Gasteiger partial charge is 0.506 e. The van der Waals surface area contributed by atoms with Crippen molar-refractivity contribution >= 4 is 20.9 Å². The molecule has 0 spiro atoms. The van der Waals surface area contributed by atoms with Crippen LogP contribution in [0.15, 0.2) is 29.2 Å². The van der Waals surface area contributed by atoms with Crippen LogP contribution in [0.3, 0.4) is 0 Å². The molecule has 0 aliphatic rings. The Balaban J connectivity index is 2.44. The highest BCUT2D eigenvalue weighted by Crippen LogP contribution is 2.31. The minimum Gasteiger partial charge on any atom is -0.506 e. The van der Waals surface area contributed by atoms with Gasteiger partial charge in [0.25, 0.3) is 0 Å². The Kier molecular flexibility index (Phi) is 7.41. The van der Waals surface area contributed by atoms with E-state index in [0.29, 0.717) is 24.0 Å². The van der Waals surface area contributed by atoms with Crippen LogP contribution in [0.25, 0.3) is 10.9 Å². The fourth-order valence-electron chi connectivity index (χ4n) is 3.07. The number of unbranched alkanes of at least 4 members (excludes halogenated alkanes) is 4. The summed E-state index contributed by atoms with van der Waals surface area (Å²) in [6.07, 6.45) is 5.83. The lowest BCUT2D eigenvalue weighted by molar-refractivity contribution is 0.389. The lowest BCUT2D eigenvalue weighted by Crippen LogP contribution is -2.33. The number of aryl methyl sites for hydroxylation is 1. The summed E-state index contributed by atoms with van der Waals surface area (Å²) >= 11 is 0. The molecule has 0 saturated carbocycles. The first-order valence-electron chi connectivity index (χ1n) is 9.51. The molecule has 1 heterocycles. The van der Waals surface area contributed by atoms with Crippen molar-refractivity contribution in [3.05, 3.63) is 30.0 Å². The molecule has 5 nitrogen and oxygen atoms in total. The van der Waals surface area contributed by atoms with Crippen molar-refractivity contribution in [2.24, 2.45) is 0 Å². The van der Waals surface area contributed by atoms with E-state index in [4.69, 9.17) is 0 Å². The van der Waals surface area contributed by atoms with E-state index in [9.17, 15) is 13.5 Å². The molecule has 2 rings (SSSR count). The Morgan fingerprint density at radius 3 is 2.15 bits per heavy atom. The van der Waals surface area contributed by atoms with Crippen molar-refractivity contribution < 1.29 is 13.5 Å². The topological polar surface area (TPSA) is 70.5 Å². The number of benzene rings is 1. The summed E-state index contributed by atoms with van der Waals surface area (Å²) in [5.41, 5.74) is 1.08. The maximum Gasteiger partial charge on any atom is 0.243 e. The van der Waals surface area contributed by atoms with Gasteiger partial charge in [-0.1, -0.05) is 39.5 Å². The minimum atomic E-state index is -3.64. The van der Waals surface area contributed by atoms with Gasteiger partial charge in [-0.05, 0) is 44.0 Å². The standard InChI is InChI=1S/C20H30N2O3S/c1-4-6-8-14-22(15-9-7-5-2)26(24,25)19-13-12-18(23)20-17(19)11-10-16(3)21-20/h10-13,23H,4-9,14-15H2,1-3H3. The number of hydrogen-bond donors (Lipinski definition) is 1. The lowest BCUT2D eigenvalue weighted by Gasteiger charge is -2.23. The van der Waals surface area contributed by atoms with Gasteiger partial charge >= 0.3 is 0 Å². The van der Waals surface area contributed by atoms with Gasteiger partial charge in [-0.25, -0.2) is 13.4 Å². The molecule has 0 unspecified atom stereocenters. The van der Waals surface area contributed by atoms with E-state index < -0.39 is 10.0 Å². The SMILES string of the molecule is CCCCCN(CCCCC)S(=O)(=O)c1ccc(O)c2nc(C)ccc12. The molecule has 1 aromatic heterocycles. The van der Waals surface area contributed by atoms with Gasteiger partial charge in [0.15, 0.2) is 0 Å². The first kappa shape index (κ1) is 20.6. The number of sulfonamides is 1. The smallest absolute Gasteiger partial charge is 0.243 e. The third kappa shape index (κ3) is 4.74. The van der Waals surface area contributed by atoms with E-state index in [0.717, 1.165) is 44.2 Å². The molecule has 0 bridgehead atoms. The number of rotatable bonds is 10. The molecule has 0 atom stereocenters. The molecule has 1 N–H and O–H groups in total. The van der Waals surface area contributed by atoms with Gasteiger partial charge in [-0.15, -0.1) is 0 Å². The Morgan fingerprint density at radius 2 is 1.58 bits per heavy atom. The molecule has 0 aliphatic carbocycles. The zero-order chi connectivity index (χ0) is 19.2. The molecule has 0 fully saturated rings. The van der Waals surface area contributed by atoms with Gasteiger partial charge < -0.3 is 5.11 Å². The minimum absolute atomic E-state index is 0.00571. The fraction of sp³-hybridized carbons (Fsp3) is 0.550. The molecule has 0 radical (unpaired) electrons. The van der Waals surface area contributed by atoms with E-state index in [1.807, 2.05) is 6.92 Å². The number of phenolic OH excluding ortho intramolecular Hbond substituents is 1. The lowest BCUT2D eigenvalue weighted by atomic mass is 10.2. The number of aromatic hydroxyl groups is 1. The normalized spacial score (nSPS) is 12.2. The second-order valence-electron chi connectivity index (χ2n) is 6.75. The summed E-state index contributed by atoms with van der Waals surface area (Å²) in [6, 6.07) is 6.44. The van der Waals surface area contributed by atoms with Gasteiger partial charge in [-0.3, -0.25) is 0 Å². The number of phenols is 1. The number of pyridine rings is 1. The average molecular weight is 379 g/mol. The Bertz CT molecular complexity index is 824. The highest BCUT2D eigenvalue weighted by Gasteiger charge is 2.26. The Morgan fingerprint density at radius 1 is 0.962 bits per heavy atom. The summed E-state index contributed by atoms with van der Waals surface area (Å²) in [4.78, 5) is 4.55. The molecule has 2 aromatic rings. The summed E-state index contributed by atoms with van der Waals surface area (Å²) in [6.45, 7) is 7.10. The first-order chi connectivity index (χ1) is 12.4. The number of nitrogens with zero attached hydrogens (tertiary/aromatic N) is 2. The summed E-state index contributed by atoms with van der Waals surface area (Å²) < 4.78 is 28.3. The molecule has 0 aliphatic heterocycles. The molecular formula is C20H30N2O3S. The summed E-state index contributed by atoms with van der Waals surface area (Å²) in [5.74, 6) is 0.00571. The molecule has 6 heteroatoms. The monoisotopic (exact) mass is 378 g/mol. The van der Waals surface area contributed by atoms with E-state index in [2.05, 4.69) is 18.8 Å².